The van der Waals surface area contributed by atoms with Gasteiger partial charge < -0.3 is 14.2 Å². The molecule has 1 atom stereocenters. The second-order valence-corrected chi connectivity index (χ2v) is 19.6. The van der Waals surface area contributed by atoms with Crippen LogP contribution in [0.25, 0.3) is 0 Å². The third kappa shape index (κ3) is 47.3. The molecule has 0 radical (unpaired) electrons. The summed E-state index contributed by atoms with van der Waals surface area (Å²) >= 11 is 0. The topological polar surface area (TPSA) is 78.9 Å². The van der Waals surface area contributed by atoms with Crippen LogP contribution < -0.4 is 0 Å². The van der Waals surface area contributed by atoms with Gasteiger partial charge in [-0.1, -0.05) is 247 Å². The van der Waals surface area contributed by atoms with Crippen molar-refractivity contribution in [2.24, 2.45) is 17.8 Å². The van der Waals surface area contributed by atoms with Gasteiger partial charge in [-0.25, -0.2) is 0 Å². The number of hydrogen-bond donors (Lipinski definition) is 0. The maximum atomic E-state index is 12.7. The van der Waals surface area contributed by atoms with Gasteiger partial charge in [-0.3, -0.25) is 14.4 Å². The van der Waals surface area contributed by atoms with E-state index in [9.17, 15) is 14.4 Å². The Labute approximate surface area is 368 Å². The number of hydrogen-bond acceptors (Lipinski definition) is 6. The fraction of sp³-hybridized carbons (Fsp3) is 0.943. The highest BCUT2D eigenvalue weighted by Gasteiger charge is 2.19. The normalized spacial score (nSPS) is 12.2. The first-order chi connectivity index (χ1) is 28.6. The molecular formula is C53H102O6. The maximum absolute atomic E-state index is 12.7. The molecule has 0 spiro atoms. The van der Waals surface area contributed by atoms with Crippen molar-refractivity contribution in [2.45, 2.75) is 292 Å². The zero-order valence-electron chi connectivity index (χ0n) is 40.5. The van der Waals surface area contributed by atoms with Crippen LogP contribution >= 0.6 is 0 Å². The molecule has 0 fully saturated rings. The number of carbonyl (C=O) groups is 3. The molecule has 6 nitrogen and oxygen atoms in total. The third-order valence-electron chi connectivity index (χ3n) is 11.9. The summed E-state index contributed by atoms with van der Waals surface area (Å²) in [6.45, 7) is 13.7. The van der Waals surface area contributed by atoms with Gasteiger partial charge in [0.15, 0.2) is 6.10 Å². The highest BCUT2D eigenvalue weighted by molar-refractivity contribution is 5.71. The quantitative estimate of drug-likeness (QED) is 0.0345. The zero-order chi connectivity index (χ0) is 43.4. The molecule has 0 aromatic rings. The average molecular weight is 835 g/mol. The Kier molecular flexibility index (Phi) is 43.3. The van der Waals surface area contributed by atoms with Gasteiger partial charge in [0, 0.05) is 19.3 Å². The Hall–Kier alpha value is -1.59. The minimum atomic E-state index is -0.763. The molecule has 0 saturated carbocycles. The predicted octanol–water partition coefficient (Wildman–Crippen LogP) is 16.8. The number of unbranched alkanes of at least 4 members (excludes halogenated alkanes) is 29. The smallest absolute Gasteiger partial charge is 0.306 e. The largest absolute Gasteiger partial charge is 0.462 e. The monoisotopic (exact) mass is 835 g/mol. The lowest BCUT2D eigenvalue weighted by Crippen LogP contribution is -2.30. The van der Waals surface area contributed by atoms with Crippen LogP contribution in [-0.2, 0) is 28.6 Å². The minimum absolute atomic E-state index is 0.0652. The van der Waals surface area contributed by atoms with E-state index in [1.54, 1.807) is 0 Å². The average Bonchev–Trinajstić information content (AvgIpc) is 3.19. The Bertz CT molecular complexity index is 914. The van der Waals surface area contributed by atoms with E-state index in [-0.39, 0.29) is 31.1 Å². The molecule has 0 unspecified atom stereocenters. The fourth-order valence-corrected chi connectivity index (χ4v) is 7.94. The van der Waals surface area contributed by atoms with Gasteiger partial charge in [-0.15, -0.1) is 0 Å². The van der Waals surface area contributed by atoms with Crippen molar-refractivity contribution in [1.29, 1.82) is 0 Å². The van der Waals surface area contributed by atoms with Crippen LogP contribution in [0.5, 0.6) is 0 Å². The van der Waals surface area contributed by atoms with Crippen molar-refractivity contribution < 1.29 is 28.6 Å². The Morgan fingerprint density at radius 1 is 0.288 bits per heavy atom. The first-order valence-electron chi connectivity index (χ1n) is 26.1. The molecular weight excluding hydrogens is 733 g/mol. The summed E-state index contributed by atoms with van der Waals surface area (Å²) in [4.78, 5) is 37.9. The van der Waals surface area contributed by atoms with E-state index >= 15 is 0 Å². The summed E-state index contributed by atoms with van der Waals surface area (Å²) in [5.41, 5.74) is 0. The van der Waals surface area contributed by atoms with E-state index in [0.717, 1.165) is 75.5 Å². The van der Waals surface area contributed by atoms with E-state index < -0.39 is 6.10 Å². The van der Waals surface area contributed by atoms with E-state index in [1.165, 1.54) is 167 Å². The summed E-state index contributed by atoms with van der Waals surface area (Å²) < 4.78 is 16.8. The van der Waals surface area contributed by atoms with E-state index in [2.05, 4.69) is 41.5 Å². The molecule has 6 heteroatoms. The number of ether oxygens (including phenoxy) is 3. The van der Waals surface area contributed by atoms with Crippen LogP contribution in [0, 0.1) is 17.8 Å². The fourth-order valence-electron chi connectivity index (χ4n) is 7.94. The molecule has 0 aliphatic rings. The van der Waals surface area contributed by atoms with Crippen molar-refractivity contribution in [1.82, 2.24) is 0 Å². The van der Waals surface area contributed by atoms with Gasteiger partial charge in [0.05, 0.1) is 0 Å². The number of rotatable bonds is 46. The second-order valence-electron chi connectivity index (χ2n) is 19.6. The highest BCUT2D eigenvalue weighted by atomic mass is 16.6. The Balaban J connectivity index is 4.25. The number of esters is 3. The van der Waals surface area contributed by atoms with Gasteiger partial charge in [0.2, 0.25) is 0 Å². The summed E-state index contributed by atoms with van der Waals surface area (Å²) in [7, 11) is 0. The molecule has 59 heavy (non-hydrogen) atoms. The molecule has 0 heterocycles. The van der Waals surface area contributed by atoms with E-state index in [4.69, 9.17) is 14.2 Å². The standard InChI is InChI=1S/C53H102O6/c1-47(2)39-33-27-21-16-12-10-8-7-9-11-13-18-24-30-36-42-51(54)57-45-50(59-53(56)44-38-32-26-20-23-29-35-41-49(5)6)46-58-52(55)43-37-31-25-19-15-14-17-22-28-34-40-48(3)4/h47-50H,7-46H2,1-6H3/t50-/m0/s1. The van der Waals surface area contributed by atoms with Crippen molar-refractivity contribution in [3.63, 3.8) is 0 Å². The van der Waals surface area contributed by atoms with Crippen molar-refractivity contribution >= 4 is 17.9 Å². The minimum Gasteiger partial charge on any atom is -0.462 e. The van der Waals surface area contributed by atoms with Gasteiger partial charge in [-0.05, 0) is 37.0 Å². The Morgan fingerprint density at radius 2 is 0.492 bits per heavy atom. The lowest BCUT2D eigenvalue weighted by Gasteiger charge is -2.18. The molecule has 0 bridgehead atoms. The summed E-state index contributed by atoms with van der Waals surface area (Å²) in [6.07, 6.45) is 43.9. The molecule has 0 aliphatic carbocycles. The third-order valence-corrected chi connectivity index (χ3v) is 11.9. The molecule has 0 aliphatic heterocycles. The molecule has 350 valence electrons. The number of carbonyl (C=O) groups excluding carboxylic acids is 3. The zero-order valence-corrected chi connectivity index (χ0v) is 40.5. The van der Waals surface area contributed by atoms with Crippen molar-refractivity contribution in [2.75, 3.05) is 13.2 Å². The van der Waals surface area contributed by atoms with Crippen LogP contribution in [0.4, 0.5) is 0 Å². The van der Waals surface area contributed by atoms with Gasteiger partial charge >= 0.3 is 17.9 Å². The molecule has 0 amide bonds. The van der Waals surface area contributed by atoms with Crippen LogP contribution in [-0.4, -0.2) is 37.2 Å². The van der Waals surface area contributed by atoms with E-state index in [1.807, 2.05) is 0 Å². The first-order valence-corrected chi connectivity index (χ1v) is 26.1. The molecule has 0 aromatic carbocycles. The van der Waals surface area contributed by atoms with Crippen LogP contribution in [0.3, 0.4) is 0 Å². The predicted molar refractivity (Wildman–Crippen MR) is 252 cm³/mol. The lowest BCUT2D eigenvalue weighted by atomic mass is 10.0. The van der Waals surface area contributed by atoms with Crippen LogP contribution in [0.2, 0.25) is 0 Å². The SMILES string of the molecule is CC(C)CCCCCCCCCCCCCCCCCC(=O)OC[C@@H](COC(=O)CCCCCCCCCCCCC(C)C)OC(=O)CCCCCCCCCC(C)C. The molecule has 0 N–H and O–H groups in total. The Morgan fingerprint density at radius 3 is 0.729 bits per heavy atom. The molecule has 0 aromatic heterocycles. The summed E-state index contributed by atoms with van der Waals surface area (Å²) in [5.74, 6) is 1.59. The molecule has 0 saturated heterocycles. The molecule has 0 rings (SSSR count). The van der Waals surface area contributed by atoms with E-state index in [0.29, 0.717) is 19.3 Å². The van der Waals surface area contributed by atoms with Crippen molar-refractivity contribution in [3.05, 3.63) is 0 Å². The van der Waals surface area contributed by atoms with Crippen LogP contribution in [0.15, 0.2) is 0 Å². The summed E-state index contributed by atoms with van der Waals surface area (Å²) in [5, 5.41) is 0. The van der Waals surface area contributed by atoms with Gasteiger partial charge in [-0.2, -0.15) is 0 Å². The summed E-state index contributed by atoms with van der Waals surface area (Å²) in [6, 6.07) is 0. The second kappa shape index (κ2) is 44.5. The van der Waals surface area contributed by atoms with Gasteiger partial charge in [0.25, 0.3) is 0 Å². The highest BCUT2D eigenvalue weighted by Crippen LogP contribution is 2.18. The maximum Gasteiger partial charge on any atom is 0.306 e. The van der Waals surface area contributed by atoms with Crippen molar-refractivity contribution in [3.8, 4) is 0 Å². The van der Waals surface area contributed by atoms with Crippen LogP contribution in [0.1, 0.15) is 286 Å². The first kappa shape index (κ1) is 57.4. The van der Waals surface area contributed by atoms with Gasteiger partial charge in [0.1, 0.15) is 13.2 Å². The lowest BCUT2D eigenvalue weighted by molar-refractivity contribution is -0.167.